The van der Waals surface area contributed by atoms with Crippen molar-refractivity contribution in [3.8, 4) is 5.75 Å². The lowest BCUT2D eigenvalue weighted by atomic mass is 10.2. The van der Waals surface area contributed by atoms with Crippen molar-refractivity contribution in [1.29, 1.82) is 0 Å². The van der Waals surface area contributed by atoms with E-state index in [0.29, 0.717) is 25.3 Å². The van der Waals surface area contributed by atoms with Crippen LogP contribution in [0.1, 0.15) is 15.5 Å². The highest BCUT2D eigenvalue weighted by Gasteiger charge is 2.25. The van der Waals surface area contributed by atoms with E-state index in [1.54, 1.807) is 7.11 Å². The molecule has 144 valence electrons. The van der Waals surface area contributed by atoms with E-state index < -0.39 is 0 Å². The summed E-state index contributed by atoms with van der Waals surface area (Å²) >= 11 is 1.50. The van der Waals surface area contributed by atoms with Gasteiger partial charge in [-0.05, 0) is 18.7 Å². The number of benzene rings is 1. The maximum atomic E-state index is 12.6. The van der Waals surface area contributed by atoms with Gasteiger partial charge in [0.05, 0.1) is 17.8 Å². The van der Waals surface area contributed by atoms with Crippen molar-refractivity contribution in [3.05, 3.63) is 40.3 Å². The number of methoxy groups -OCH3 is 1. The van der Waals surface area contributed by atoms with Gasteiger partial charge in [-0.3, -0.25) is 4.79 Å². The minimum absolute atomic E-state index is 0. The first-order chi connectivity index (χ1) is 11.7. The molecule has 1 fully saturated rings. The summed E-state index contributed by atoms with van der Waals surface area (Å²) in [6.45, 7) is 3.48. The number of anilines is 1. The average Bonchev–Trinajstić information content (AvgIpc) is 3.10. The Morgan fingerprint density at radius 3 is 2.58 bits per heavy atom. The van der Waals surface area contributed by atoms with Gasteiger partial charge in [0.15, 0.2) is 0 Å². The number of nitrogens with two attached hydrogens (primary N) is 1. The molecular formula is C17H24Cl2N4O2S. The highest BCUT2D eigenvalue weighted by atomic mass is 35.5. The third-order valence-corrected chi connectivity index (χ3v) is 5.03. The molecule has 0 saturated carbocycles. The van der Waals surface area contributed by atoms with Crippen molar-refractivity contribution in [3.63, 3.8) is 0 Å². The fraction of sp³-hybridized carbons (Fsp3) is 0.412. The number of halogens is 2. The molecule has 3 rings (SSSR count). The van der Waals surface area contributed by atoms with Crippen LogP contribution >= 0.6 is 36.2 Å². The second-order valence-electron chi connectivity index (χ2n) is 5.62. The van der Waals surface area contributed by atoms with Gasteiger partial charge in [0.2, 0.25) is 0 Å². The van der Waals surface area contributed by atoms with Crippen LogP contribution in [0.4, 0.5) is 5.69 Å². The lowest BCUT2D eigenvalue weighted by Crippen LogP contribution is -2.49. The molecule has 0 bridgehead atoms. The molecule has 1 aromatic heterocycles. The lowest BCUT2D eigenvalue weighted by molar-refractivity contribution is 0.0741. The molecule has 0 spiro atoms. The Bertz CT molecular complexity index is 706. The number of aromatic nitrogens is 1. The first-order valence-electron chi connectivity index (χ1n) is 8.04. The van der Waals surface area contributed by atoms with E-state index in [1.165, 1.54) is 11.3 Å². The smallest absolute Gasteiger partial charge is 0.273 e. The van der Waals surface area contributed by atoms with Gasteiger partial charge in [-0.15, -0.1) is 36.2 Å². The van der Waals surface area contributed by atoms with Gasteiger partial charge in [0.25, 0.3) is 5.91 Å². The Labute approximate surface area is 170 Å². The third-order valence-electron chi connectivity index (χ3n) is 4.12. The SMILES string of the molecule is COc1ccccc1N1CCN(C(=O)c2csc(CCN)n2)CC1.Cl.Cl. The summed E-state index contributed by atoms with van der Waals surface area (Å²) in [6.07, 6.45) is 0.722. The molecule has 0 aliphatic carbocycles. The average molecular weight is 419 g/mol. The summed E-state index contributed by atoms with van der Waals surface area (Å²) < 4.78 is 5.43. The van der Waals surface area contributed by atoms with Gasteiger partial charge in [0.1, 0.15) is 11.4 Å². The van der Waals surface area contributed by atoms with Crippen LogP contribution in [-0.2, 0) is 6.42 Å². The predicted octanol–water partition coefficient (Wildman–Crippen LogP) is 2.46. The molecule has 1 aromatic carbocycles. The first-order valence-corrected chi connectivity index (χ1v) is 8.92. The first kappa shape index (κ1) is 22.5. The number of ether oxygens (including phenoxy) is 1. The van der Waals surface area contributed by atoms with Crippen LogP contribution in [0.25, 0.3) is 0 Å². The molecule has 9 heteroatoms. The number of carbonyl (C=O) groups excluding carboxylic acids is 1. The maximum Gasteiger partial charge on any atom is 0.273 e. The predicted molar refractivity (Wildman–Crippen MR) is 110 cm³/mol. The van der Waals surface area contributed by atoms with Crippen molar-refractivity contribution >= 4 is 47.7 Å². The van der Waals surface area contributed by atoms with E-state index in [-0.39, 0.29) is 30.7 Å². The minimum atomic E-state index is 0. The molecule has 1 aliphatic heterocycles. The normalized spacial score (nSPS) is 13.6. The minimum Gasteiger partial charge on any atom is -0.495 e. The van der Waals surface area contributed by atoms with Gasteiger partial charge in [0, 0.05) is 38.0 Å². The van der Waals surface area contributed by atoms with Gasteiger partial charge >= 0.3 is 0 Å². The highest BCUT2D eigenvalue weighted by Crippen LogP contribution is 2.28. The quantitative estimate of drug-likeness (QED) is 0.806. The molecule has 1 saturated heterocycles. The molecule has 0 unspecified atom stereocenters. The third kappa shape index (κ3) is 5.01. The Balaban J connectivity index is 0.00000169. The van der Waals surface area contributed by atoms with E-state index in [0.717, 1.165) is 36.0 Å². The summed E-state index contributed by atoms with van der Waals surface area (Å²) in [5, 5.41) is 2.76. The standard InChI is InChI=1S/C17H22N4O2S.2ClH/c1-23-15-5-3-2-4-14(15)20-8-10-21(11-9-20)17(22)13-12-24-16(19-13)6-7-18;;/h2-5,12H,6-11,18H2,1H3;2*1H. The van der Waals surface area contributed by atoms with Crippen molar-refractivity contribution < 1.29 is 9.53 Å². The number of para-hydroxylation sites is 2. The Kier molecular flexibility index (Phi) is 9.15. The van der Waals surface area contributed by atoms with E-state index >= 15 is 0 Å². The molecule has 0 atom stereocenters. The van der Waals surface area contributed by atoms with E-state index in [4.69, 9.17) is 10.5 Å². The van der Waals surface area contributed by atoms with Crippen molar-refractivity contribution in [2.24, 2.45) is 5.73 Å². The number of thiazole rings is 1. The Hall–Kier alpha value is -1.54. The molecule has 1 amide bonds. The van der Waals surface area contributed by atoms with Crippen LogP contribution < -0.4 is 15.4 Å². The number of carbonyl (C=O) groups is 1. The zero-order valence-electron chi connectivity index (χ0n) is 14.6. The number of hydrogen-bond acceptors (Lipinski definition) is 6. The van der Waals surface area contributed by atoms with E-state index in [9.17, 15) is 4.79 Å². The van der Waals surface area contributed by atoms with Crippen LogP contribution in [0.2, 0.25) is 0 Å². The monoisotopic (exact) mass is 418 g/mol. The molecule has 6 nitrogen and oxygen atoms in total. The number of nitrogens with zero attached hydrogens (tertiary/aromatic N) is 3. The summed E-state index contributed by atoms with van der Waals surface area (Å²) in [6, 6.07) is 7.98. The van der Waals surface area contributed by atoms with Crippen LogP contribution in [0.15, 0.2) is 29.6 Å². The van der Waals surface area contributed by atoms with Gasteiger partial charge in [-0.2, -0.15) is 0 Å². The van der Waals surface area contributed by atoms with Gasteiger partial charge in [-0.25, -0.2) is 4.98 Å². The zero-order valence-corrected chi connectivity index (χ0v) is 17.0. The van der Waals surface area contributed by atoms with Crippen molar-refractivity contribution in [2.75, 3.05) is 44.7 Å². The molecular weight excluding hydrogens is 395 g/mol. The summed E-state index contributed by atoms with van der Waals surface area (Å²) in [7, 11) is 1.68. The van der Waals surface area contributed by atoms with Crippen LogP contribution in [-0.4, -0.2) is 55.6 Å². The number of amides is 1. The molecule has 26 heavy (non-hydrogen) atoms. The largest absolute Gasteiger partial charge is 0.495 e. The molecule has 0 radical (unpaired) electrons. The summed E-state index contributed by atoms with van der Waals surface area (Å²) in [5.41, 5.74) is 7.15. The zero-order chi connectivity index (χ0) is 16.9. The van der Waals surface area contributed by atoms with Crippen LogP contribution in [0, 0.1) is 0 Å². The number of hydrogen-bond donors (Lipinski definition) is 1. The second kappa shape index (κ2) is 10.6. The topological polar surface area (TPSA) is 71.7 Å². The number of rotatable bonds is 5. The summed E-state index contributed by atoms with van der Waals surface area (Å²) in [4.78, 5) is 21.1. The molecule has 1 aliphatic rings. The fourth-order valence-corrected chi connectivity index (χ4v) is 3.64. The summed E-state index contributed by atoms with van der Waals surface area (Å²) in [5.74, 6) is 0.873. The van der Waals surface area contributed by atoms with Crippen molar-refractivity contribution in [1.82, 2.24) is 9.88 Å². The van der Waals surface area contributed by atoms with Gasteiger partial charge in [-0.1, -0.05) is 12.1 Å². The molecule has 2 N–H and O–H groups in total. The molecule has 2 heterocycles. The van der Waals surface area contributed by atoms with Crippen molar-refractivity contribution in [2.45, 2.75) is 6.42 Å². The van der Waals surface area contributed by atoms with Crippen LogP contribution in [0.3, 0.4) is 0 Å². The van der Waals surface area contributed by atoms with E-state index in [2.05, 4.69) is 16.0 Å². The lowest BCUT2D eigenvalue weighted by Gasteiger charge is -2.36. The molecule has 2 aromatic rings. The van der Waals surface area contributed by atoms with Gasteiger partial charge < -0.3 is 20.3 Å². The Morgan fingerprint density at radius 2 is 1.92 bits per heavy atom. The maximum absolute atomic E-state index is 12.6. The van der Waals surface area contributed by atoms with Crippen LogP contribution in [0.5, 0.6) is 5.75 Å². The Morgan fingerprint density at radius 1 is 1.23 bits per heavy atom. The fourth-order valence-electron chi connectivity index (χ4n) is 2.85. The highest BCUT2D eigenvalue weighted by molar-refractivity contribution is 7.09. The number of piperazine rings is 1. The second-order valence-corrected chi connectivity index (χ2v) is 6.56. The van der Waals surface area contributed by atoms with E-state index in [1.807, 2.05) is 28.5 Å².